The Kier molecular flexibility index (Phi) is 6.04. The van der Waals surface area contributed by atoms with E-state index in [2.05, 4.69) is 46.2 Å². The van der Waals surface area contributed by atoms with Crippen molar-refractivity contribution in [2.45, 2.75) is 20.3 Å². The molecule has 0 bridgehead atoms. The number of nitrogens with one attached hydrogen (secondary N) is 1. The number of nitrogens with zero attached hydrogens (tertiary/aromatic N) is 4. The standard InChI is InChI=1S/C20H27N5O/c1-16(2)8-9-21-20-22-14-17(15-23-20)19(26)25-12-10-24(11-13-25)18-6-4-3-5-7-18/h3-7,14-16H,8-13H2,1-2H3,(H,21,22,23). The molecule has 1 amide bonds. The van der Waals surface area contributed by atoms with Gasteiger partial charge in [0.2, 0.25) is 5.95 Å². The van der Waals surface area contributed by atoms with Crippen LogP contribution in [0.3, 0.4) is 0 Å². The molecule has 1 aromatic heterocycles. The van der Waals surface area contributed by atoms with Gasteiger partial charge in [0, 0.05) is 50.8 Å². The third-order valence-corrected chi connectivity index (χ3v) is 4.59. The van der Waals surface area contributed by atoms with Crippen molar-refractivity contribution in [3.05, 3.63) is 48.3 Å². The van der Waals surface area contributed by atoms with Gasteiger partial charge in [0.05, 0.1) is 5.56 Å². The zero-order chi connectivity index (χ0) is 18.4. The van der Waals surface area contributed by atoms with E-state index in [-0.39, 0.29) is 5.91 Å². The molecule has 1 aliphatic heterocycles. The fraction of sp³-hybridized carbons (Fsp3) is 0.450. The van der Waals surface area contributed by atoms with E-state index >= 15 is 0 Å². The van der Waals surface area contributed by atoms with Crippen molar-refractivity contribution in [3.63, 3.8) is 0 Å². The minimum absolute atomic E-state index is 0.00596. The number of carbonyl (C=O) groups excluding carboxylic acids is 1. The third kappa shape index (κ3) is 4.71. The first-order chi connectivity index (χ1) is 12.6. The second-order valence-electron chi connectivity index (χ2n) is 7.02. The summed E-state index contributed by atoms with van der Waals surface area (Å²) in [6.45, 7) is 8.30. The first-order valence-electron chi connectivity index (χ1n) is 9.28. The lowest BCUT2D eigenvalue weighted by Crippen LogP contribution is -2.48. The monoisotopic (exact) mass is 353 g/mol. The zero-order valence-corrected chi connectivity index (χ0v) is 15.6. The molecule has 0 atom stereocenters. The summed E-state index contributed by atoms with van der Waals surface area (Å²) < 4.78 is 0. The Morgan fingerprint density at radius 3 is 2.35 bits per heavy atom. The molecule has 0 radical (unpaired) electrons. The predicted molar refractivity (Wildman–Crippen MR) is 105 cm³/mol. The first kappa shape index (κ1) is 18.2. The Labute approximate surface area is 155 Å². The van der Waals surface area contributed by atoms with Crippen LogP contribution >= 0.6 is 0 Å². The van der Waals surface area contributed by atoms with Gasteiger partial charge in [-0.25, -0.2) is 9.97 Å². The average molecular weight is 353 g/mol. The summed E-state index contributed by atoms with van der Waals surface area (Å²) >= 11 is 0. The summed E-state index contributed by atoms with van der Waals surface area (Å²) in [5, 5.41) is 3.19. The SMILES string of the molecule is CC(C)CCNc1ncc(C(=O)N2CCN(c3ccccc3)CC2)cn1. The van der Waals surface area contributed by atoms with Crippen LogP contribution in [-0.2, 0) is 0 Å². The summed E-state index contributed by atoms with van der Waals surface area (Å²) in [6, 6.07) is 10.3. The quantitative estimate of drug-likeness (QED) is 0.865. The van der Waals surface area contributed by atoms with E-state index in [0.717, 1.165) is 26.1 Å². The van der Waals surface area contributed by atoms with Crippen molar-refractivity contribution in [1.82, 2.24) is 14.9 Å². The Balaban J connectivity index is 1.52. The Bertz CT molecular complexity index is 694. The molecule has 0 saturated carbocycles. The smallest absolute Gasteiger partial charge is 0.257 e. The van der Waals surface area contributed by atoms with Gasteiger partial charge in [-0.05, 0) is 24.5 Å². The topological polar surface area (TPSA) is 61.4 Å². The van der Waals surface area contributed by atoms with Crippen LogP contribution < -0.4 is 10.2 Å². The number of para-hydroxylation sites is 1. The van der Waals surface area contributed by atoms with Crippen LogP contribution in [0.25, 0.3) is 0 Å². The van der Waals surface area contributed by atoms with Crippen molar-refractivity contribution >= 4 is 17.5 Å². The molecular weight excluding hydrogens is 326 g/mol. The van der Waals surface area contributed by atoms with Gasteiger partial charge in [-0.1, -0.05) is 32.0 Å². The van der Waals surface area contributed by atoms with E-state index in [1.165, 1.54) is 5.69 Å². The number of carbonyl (C=O) groups is 1. The van der Waals surface area contributed by atoms with Gasteiger partial charge < -0.3 is 15.1 Å². The highest BCUT2D eigenvalue weighted by molar-refractivity contribution is 5.93. The van der Waals surface area contributed by atoms with Gasteiger partial charge in [-0.2, -0.15) is 0 Å². The lowest BCUT2D eigenvalue weighted by atomic mass is 10.1. The summed E-state index contributed by atoms with van der Waals surface area (Å²) in [7, 11) is 0. The van der Waals surface area contributed by atoms with E-state index in [1.807, 2.05) is 23.1 Å². The van der Waals surface area contributed by atoms with E-state index in [4.69, 9.17) is 0 Å². The largest absolute Gasteiger partial charge is 0.368 e. The lowest BCUT2D eigenvalue weighted by molar-refractivity contribution is 0.0746. The van der Waals surface area contributed by atoms with Crippen LogP contribution in [0.5, 0.6) is 0 Å². The number of anilines is 2. The maximum Gasteiger partial charge on any atom is 0.257 e. The zero-order valence-electron chi connectivity index (χ0n) is 15.6. The van der Waals surface area contributed by atoms with Crippen molar-refractivity contribution in [2.75, 3.05) is 42.9 Å². The maximum atomic E-state index is 12.7. The van der Waals surface area contributed by atoms with Crippen molar-refractivity contribution in [1.29, 1.82) is 0 Å². The summed E-state index contributed by atoms with van der Waals surface area (Å²) in [4.78, 5) is 25.4. The number of piperazine rings is 1. The fourth-order valence-electron chi connectivity index (χ4n) is 2.99. The van der Waals surface area contributed by atoms with E-state index in [9.17, 15) is 4.79 Å². The Morgan fingerprint density at radius 2 is 1.73 bits per heavy atom. The van der Waals surface area contributed by atoms with Gasteiger partial charge in [0.15, 0.2) is 0 Å². The molecule has 26 heavy (non-hydrogen) atoms. The number of benzene rings is 1. The molecule has 138 valence electrons. The lowest BCUT2D eigenvalue weighted by Gasteiger charge is -2.36. The van der Waals surface area contributed by atoms with Gasteiger partial charge in [0.25, 0.3) is 5.91 Å². The number of amides is 1. The van der Waals surface area contributed by atoms with E-state index in [1.54, 1.807) is 12.4 Å². The van der Waals surface area contributed by atoms with Crippen LogP contribution in [0.2, 0.25) is 0 Å². The second-order valence-corrected chi connectivity index (χ2v) is 7.02. The van der Waals surface area contributed by atoms with Gasteiger partial charge in [0.1, 0.15) is 0 Å². The molecule has 2 aromatic rings. The van der Waals surface area contributed by atoms with Gasteiger partial charge >= 0.3 is 0 Å². The number of hydrogen-bond acceptors (Lipinski definition) is 5. The minimum atomic E-state index is 0.00596. The van der Waals surface area contributed by atoms with E-state index in [0.29, 0.717) is 30.5 Å². The number of hydrogen-bond donors (Lipinski definition) is 1. The molecule has 1 fully saturated rings. The van der Waals surface area contributed by atoms with Crippen molar-refractivity contribution in [3.8, 4) is 0 Å². The normalized spacial score (nSPS) is 14.6. The Hall–Kier alpha value is -2.63. The van der Waals surface area contributed by atoms with Crippen LogP contribution in [0.1, 0.15) is 30.6 Å². The van der Waals surface area contributed by atoms with Crippen LogP contribution in [0.15, 0.2) is 42.7 Å². The molecule has 0 aliphatic carbocycles. The molecule has 6 heteroatoms. The van der Waals surface area contributed by atoms with Crippen molar-refractivity contribution < 1.29 is 4.79 Å². The summed E-state index contributed by atoms with van der Waals surface area (Å²) in [5.41, 5.74) is 1.76. The molecule has 3 rings (SSSR count). The van der Waals surface area contributed by atoms with Crippen LogP contribution in [-0.4, -0.2) is 53.5 Å². The highest BCUT2D eigenvalue weighted by Gasteiger charge is 2.22. The second kappa shape index (κ2) is 8.65. The fourth-order valence-corrected chi connectivity index (χ4v) is 2.99. The third-order valence-electron chi connectivity index (χ3n) is 4.59. The highest BCUT2D eigenvalue weighted by atomic mass is 16.2. The first-order valence-corrected chi connectivity index (χ1v) is 9.28. The molecular formula is C20H27N5O. The average Bonchev–Trinajstić information content (AvgIpc) is 2.68. The highest BCUT2D eigenvalue weighted by Crippen LogP contribution is 2.16. The maximum absolute atomic E-state index is 12.7. The molecule has 6 nitrogen and oxygen atoms in total. The van der Waals surface area contributed by atoms with Gasteiger partial charge in [-0.15, -0.1) is 0 Å². The number of aromatic nitrogens is 2. The Morgan fingerprint density at radius 1 is 1.08 bits per heavy atom. The van der Waals surface area contributed by atoms with Crippen LogP contribution in [0, 0.1) is 5.92 Å². The molecule has 1 aliphatic rings. The summed E-state index contributed by atoms with van der Waals surface area (Å²) in [6.07, 6.45) is 4.31. The molecule has 1 aromatic carbocycles. The van der Waals surface area contributed by atoms with Gasteiger partial charge in [-0.3, -0.25) is 4.79 Å². The minimum Gasteiger partial charge on any atom is -0.368 e. The molecule has 2 heterocycles. The molecule has 1 saturated heterocycles. The van der Waals surface area contributed by atoms with Crippen LogP contribution in [0.4, 0.5) is 11.6 Å². The number of rotatable bonds is 6. The summed E-state index contributed by atoms with van der Waals surface area (Å²) in [5.74, 6) is 1.22. The predicted octanol–water partition coefficient (Wildman–Crippen LogP) is 2.90. The molecule has 1 N–H and O–H groups in total. The van der Waals surface area contributed by atoms with Crippen molar-refractivity contribution in [2.24, 2.45) is 5.92 Å². The molecule has 0 unspecified atom stereocenters. The van der Waals surface area contributed by atoms with E-state index < -0.39 is 0 Å². The molecule has 0 spiro atoms.